The van der Waals surface area contributed by atoms with Crippen molar-refractivity contribution in [2.24, 2.45) is 0 Å². The van der Waals surface area contributed by atoms with Crippen LogP contribution in [0.4, 0.5) is 0 Å². The molecular weight excluding hydrogens is 204 g/mol. The number of benzene rings is 1. The van der Waals surface area contributed by atoms with Gasteiger partial charge < -0.3 is 9.47 Å². The van der Waals surface area contributed by atoms with Gasteiger partial charge in [-0.3, -0.25) is 0 Å². The molecule has 0 N–H and O–H groups in total. The Bertz CT molecular complexity index is 347. The zero-order valence-electron chi connectivity index (χ0n) is 7.40. The summed E-state index contributed by atoms with van der Waals surface area (Å²) >= 11 is 5.73. The van der Waals surface area contributed by atoms with Gasteiger partial charge in [-0.15, -0.1) is 0 Å². The molecule has 0 bridgehead atoms. The molecule has 1 aliphatic rings. The van der Waals surface area contributed by atoms with Crippen LogP contribution in [0.2, 0.25) is 5.02 Å². The third kappa shape index (κ3) is 2.47. The first kappa shape index (κ1) is 9.49. The minimum Gasteiger partial charge on any atom is -0.459 e. The molecule has 0 aliphatic carbocycles. The van der Waals surface area contributed by atoms with E-state index in [1.807, 2.05) is 0 Å². The summed E-state index contributed by atoms with van der Waals surface area (Å²) in [4.78, 5) is 11.4. The van der Waals surface area contributed by atoms with Crippen LogP contribution < -0.4 is 0 Å². The smallest absolute Gasteiger partial charge is 0.338 e. The summed E-state index contributed by atoms with van der Waals surface area (Å²) in [6.07, 6.45) is 0.0955. The molecule has 74 valence electrons. The van der Waals surface area contributed by atoms with Crippen molar-refractivity contribution in [3.63, 3.8) is 0 Å². The summed E-state index contributed by atoms with van der Waals surface area (Å²) in [6.45, 7) is 1.01. The van der Waals surface area contributed by atoms with E-state index >= 15 is 0 Å². The Hall–Kier alpha value is -1.06. The van der Waals surface area contributed by atoms with Crippen LogP contribution >= 0.6 is 11.6 Å². The van der Waals surface area contributed by atoms with Gasteiger partial charge in [0.2, 0.25) is 0 Å². The molecule has 0 amide bonds. The molecular formula is C10H9ClO3. The summed E-state index contributed by atoms with van der Waals surface area (Å²) in [5.41, 5.74) is 0.471. The largest absolute Gasteiger partial charge is 0.459 e. The fourth-order valence-electron chi connectivity index (χ4n) is 1.03. The summed E-state index contributed by atoms with van der Waals surface area (Å²) in [5.74, 6) is -0.358. The van der Waals surface area contributed by atoms with Crippen molar-refractivity contribution < 1.29 is 14.3 Å². The molecule has 0 saturated carbocycles. The molecule has 2 rings (SSSR count). The lowest BCUT2D eigenvalue weighted by molar-refractivity contribution is 0.0476. The Labute approximate surface area is 86.6 Å². The maximum Gasteiger partial charge on any atom is 0.338 e. The summed E-state index contributed by atoms with van der Waals surface area (Å²) in [7, 11) is 0. The molecule has 1 unspecified atom stereocenters. The monoisotopic (exact) mass is 212 g/mol. The Morgan fingerprint density at radius 3 is 3.07 bits per heavy atom. The predicted octanol–water partition coefficient (Wildman–Crippen LogP) is 1.90. The van der Waals surface area contributed by atoms with Gasteiger partial charge >= 0.3 is 5.97 Å². The highest BCUT2D eigenvalue weighted by Crippen LogP contribution is 2.13. The van der Waals surface area contributed by atoms with Gasteiger partial charge in [-0.05, 0) is 18.2 Å². The van der Waals surface area contributed by atoms with Gasteiger partial charge in [0.1, 0.15) is 12.7 Å². The van der Waals surface area contributed by atoms with E-state index in [1.165, 1.54) is 0 Å². The highest BCUT2D eigenvalue weighted by atomic mass is 35.5. The number of carbonyl (C=O) groups excluding carboxylic acids is 1. The van der Waals surface area contributed by atoms with Crippen molar-refractivity contribution in [2.45, 2.75) is 6.10 Å². The summed E-state index contributed by atoms with van der Waals surface area (Å²) in [6, 6.07) is 6.68. The highest BCUT2D eigenvalue weighted by molar-refractivity contribution is 6.30. The fourth-order valence-corrected chi connectivity index (χ4v) is 1.22. The summed E-state index contributed by atoms with van der Waals surface area (Å²) in [5, 5.41) is 0.530. The fraction of sp³-hybridized carbons (Fsp3) is 0.300. The number of halogens is 1. The van der Waals surface area contributed by atoms with E-state index in [1.54, 1.807) is 24.3 Å². The molecule has 14 heavy (non-hydrogen) atoms. The van der Waals surface area contributed by atoms with Crippen molar-refractivity contribution in [1.82, 2.24) is 0 Å². The predicted molar refractivity (Wildman–Crippen MR) is 51.5 cm³/mol. The SMILES string of the molecule is O=C(OCC1CO1)c1cccc(Cl)c1. The van der Waals surface area contributed by atoms with Crippen molar-refractivity contribution in [1.29, 1.82) is 0 Å². The summed E-state index contributed by atoms with van der Waals surface area (Å²) < 4.78 is 9.90. The number of carbonyl (C=O) groups is 1. The minimum atomic E-state index is -0.358. The number of epoxide rings is 1. The molecule has 1 saturated heterocycles. The van der Waals surface area contributed by atoms with Crippen LogP contribution in [0.3, 0.4) is 0 Å². The van der Waals surface area contributed by atoms with Crippen LogP contribution in [0.25, 0.3) is 0 Å². The zero-order valence-corrected chi connectivity index (χ0v) is 8.16. The second kappa shape index (κ2) is 3.98. The van der Waals surface area contributed by atoms with E-state index in [0.29, 0.717) is 23.8 Å². The first-order chi connectivity index (χ1) is 6.75. The van der Waals surface area contributed by atoms with Crippen molar-refractivity contribution in [3.8, 4) is 0 Å². The molecule has 1 heterocycles. The normalized spacial score (nSPS) is 19.1. The lowest BCUT2D eigenvalue weighted by Crippen LogP contribution is -2.09. The second-order valence-electron chi connectivity index (χ2n) is 3.06. The van der Waals surface area contributed by atoms with E-state index in [-0.39, 0.29) is 12.1 Å². The number of hydrogen-bond donors (Lipinski definition) is 0. The maximum absolute atomic E-state index is 11.4. The Morgan fingerprint density at radius 1 is 1.64 bits per heavy atom. The molecule has 1 aliphatic heterocycles. The van der Waals surface area contributed by atoms with E-state index < -0.39 is 0 Å². The van der Waals surface area contributed by atoms with Crippen LogP contribution in [0, 0.1) is 0 Å². The molecule has 1 aromatic carbocycles. The molecule has 1 aromatic rings. The standard InChI is InChI=1S/C10H9ClO3/c11-8-3-1-2-7(4-8)10(12)14-6-9-5-13-9/h1-4,9H,5-6H2. The molecule has 0 radical (unpaired) electrons. The quantitative estimate of drug-likeness (QED) is 0.568. The van der Waals surface area contributed by atoms with Gasteiger partial charge in [0.25, 0.3) is 0 Å². The molecule has 0 spiro atoms. The number of rotatable bonds is 3. The minimum absolute atomic E-state index is 0.0955. The van der Waals surface area contributed by atoms with Crippen LogP contribution in [0.15, 0.2) is 24.3 Å². The van der Waals surface area contributed by atoms with E-state index in [2.05, 4.69) is 0 Å². The average molecular weight is 213 g/mol. The van der Waals surface area contributed by atoms with Gasteiger partial charge in [0, 0.05) is 5.02 Å². The van der Waals surface area contributed by atoms with Gasteiger partial charge in [-0.2, -0.15) is 0 Å². The van der Waals surface area contributed by atoms with Crippen molar-refractivity contribution in [3.05, 3.63) is 34.9 Å². The number of hydrogen-bond acceptors (Lipinski definition) is 3. The number of ether oxygens (including phenoxy) is 2. The molecule has 3 nitrogen and oxygen atoms in total. The molecule has 1 fully saturated rings. The molecule has 1 atom stereocenters. The van der Waals surface area contributed by atoms with E-state index in [0.717, 1.165) is 0 Å². The average Bonchev–Trinajstić information content (AvgIpc) is 2.97. The highest BCUT2D eigenvalue weighted by Gasteiger charge is 2.24. The maximum atomic E-state index is 11.4. The second-order valence-corrected chi connectivity index (χ2v) is 3.50. The van der Waals surface area contributed by atoms with Crippen LogP contribution in [-0.4, -0.2) is 25.3 Å². The lowest BCUT2D eigenvalue weighted by Gasteiger charge is -2.02. The topological polar surface area (TPSA) is 38.8 Å². The van der Waals surface area contributed by atoms with Gasteiger partial charge in [-0.1, -0.05) is 17.7 Å². The Morgan fingerprint density at radius 2 is 2.43 bits per heavy atom. The van der Waals surface area contributed by atoms with Gasteiger partial charge in [0.05, 0.1) is 12.2 Å². The van der Waals surface area contributed by atoms with E-state index in [4.69, 9.17) is 21.1 Å². The van der Waals surface area contributed by atoms with Gasteiger partial charge in [0.15, 0.2) is 0 Å². The van der Waals surface area contributed by atoms with Crippen LogP contribution in [0.1, 0.15) is 10.4 Å². The van der Waals surface area contributed by atoms with Gasteiger partial charge in [-0.25, -0.2) is 4.79 Å². The first-order valence-corrected chi connectivity index (χ1v) is 4.68. The third-order valence-corrected chi connectivity index (χ3v) is 2.10. The number of esters is 1. The molecule has 4 heteroatoms. The Balaban J connectivity index is 1.95. The Kier molecular flexibility index (Phi) is 2.70. The third-order valence-electron chi connectivity index (χ3n) is 1.86. The molecule has 0 aromatic heterocycles. The zero-order chi connectivity index (χ0) is 9.97. The first-order valence-electron chi connectivity index (χ1n) is 4.30. The van der Waals surface area contributed by atoms with Crippen LogP contribution in [-0.2, 0) is 9.47 Å². The lowest BCUT2D eigenvalue weighted by atomic mass is 10.2. The van der Waals surface area contributed by atoms with Crippen molar-refractivity contribution >= 4 is 17.6 Å². The van der Waals surface area contributed by atoms with Crippen LogP contribution in [0.5, 0.6) is 0 Å². The van der Waals surface area contributed by atoms with Crippen molar-refractivity contribution in [2.75, 3.05) is 13.2 Å². The van der Waals surface area contributed by atoms with E-state index in [9.17, 15) is 4.79 Å².